The molecule has 0 spiro atoms. The van der Waals surface area contributed by atoms with Crippen LogP contribution >= 0.6 is 21.6 Å². The number of pyridine rings is 1. The Morgan fingerprint density at radius 1 is 1.35 bits per heavy atom. The van der Waals surface area contributed by atoms with Gasteiger partial charge in [-0.05, 0) is 22.9 Å². The van der Waals surface area contributed by atoms with Gasteiger partial charge in [0.15, 0.2) is 0 Å². The summed E-state index contributed by atoms with van der Waals surface area (Å²) in [5.74, 6) is -1.07. The SMILES string of the molecule is NC(=O)C(CSSc1ccccn1)N1C(=O)CCC1=O. The predicted molar refractivity (Wildman–Crippen MR) is 76.6 cm³/mol. The lowest BCUT2D eigenvalue weighted by Gasteiger charge is -2.22. The van der Waals surface area contributed by atoms with E-state index in [1.165, 1.54) is 21.6 Å². The van der Waals surface area contributed by atoms with Crippen LogP contribution in [0.15, 0.2) is 29.4 Å². The topological polar surface area (TPSA) is 93.4 Å². The smallest absolute Gasteiger partial charge is 0.241 e. The normalized spacial score (nSPS) is 16.5. The highest BCUT2D eigenvalue weighted by Crippen LogP contribution is 2.31. The van der Waals surface area contributed by atoms with Gasteiger partial charge in [0.2, 0.25) is 17.7 Å². The van der Waals surface area contributed by atoms with E-state index < -0.39 is 11.9 Å². The molecule has 0 saturated carbocycles. The van der Waals surface area contributed by atoms with Crippen LogP contribution < -0.4 is 5.73 Å². The molecule has 1 aromatic rings. The van der Waals surface area contributed by atoms with E-state index in [1.54, 1.807) is 6.20 Å². The maximum Gasteiger partial charge on any atom is 0.241 e. The highest BCUT2D eigenvalue weighted by molar-refractivity contribution is 8.76. The first-order chi connectivity index (χ1) is 9.59. The summed E-state index contributed by atoms with van der Waals surface area (Å²) in [6.45, 7) is 0. The van der Waals surface area contributed by atoms with Crippen LogP contribution in [0, 0.1) is 0 Å². The quantitative estimate of drug-likeness (QED) is 0.617. The van der Waals surface area contributed by atoms with Gasteiger partial charge >= 0.3 is 0 Å². The molecule has 1 atom stereocenters. The number of amides is 3. The Bertz CT molecular complexity index is 508. The third-order valence-corrected chi connectivity index (χ3v) is 4.99. The Morgan fingerprint density at radius 3 is 2.60 bits per heavy atom. The molecule has 6 nitrogen and oxygen atoms in total. The number of hydrogen-bond donors (Lipinski definition) is 1. The van der Waals surface area contributed by atoms with Gasteiger partial charge in [-0.15, -0.1) is 0 Å². The number of aromatic nitrogens is 1. The molecule has 1 saturated heterocycles. The van der Waals surface area contributed by atoms with E-state index in [9.17, 15) is 14.4 Å². The molecular formula is C12H13N3O3S2. The van der Waals surface area contributed by atoms with Crippen molar-refractivity contribution < 1.29 is 14.4 Å². The number of nitrogens with two attached hydrogens (primary N) is 1. The summed E-state index contributed by atoms with van der Waals surface area (Å²) < 4.78 is 0. The van der Waals surface area contributed by atoms with Gasteiger partial charge in [-0.25, -0.2) is 4.98 Å². The number of carbonyl (C=O) groups excluding carboxylic acids is 3. The van der Waals surface area contributed by atoms with Gasteiger partial charge in [-0.2, -0.15) is 0 Å². The average Bonchev–Trinajstić information content (AvgIpc) is 2.76. The third kappa shape index (κ3) is 3.51. The van der Waals surface area contributed by atoms with Crippen LogP contribution in [0.2, 0.25) is 0 Å². The summed E-state index contributed by atoms with van der Waals surface area (Å²) >= 11 is 0. The molecule has 3 amide bonds. The van der Waals surface area contributed by atoms with E-state index in [1.807, 2.05) is 18.2 Å². The largest absolute Gasteiger partial charge is 0.368 e. The fourth-order valence-corrected chi connectivity index (χ4v) is 3.90. The Balaban J connectivity index is 1.95. The molecule has 2 N–H and O–H groups in total. The molecule has 20 heavy (non-hydrogen) atoms. The van der Waals surface area contributed by atoms with Crippen molar-refractivity contribution in [3.63, 3.8) is 0 Å². The molecule has 0 radical (unpaired) electrons. The molecule has 2 heterocycles. The van der Waals surface area contributed by atoms with Crippen molar-refractivity contribution >= 4 is 39.3 Å². The van der Waals surface area contributed by atoms with Gasteiger partial charge < -0.3 is 5.73 Å². The molecule has 2 rings (SSSR count). The van der Waals surface area contributed by atoms with Crippen LogP contribution in [0.1, 0.15) is 12.8 Å². The summed E-state index contributed by atoms with van der Waals surface area (Å²) in [6, 6.07) is 4.61. The van der Waals surface area contributed by atoms with Gasteiger partial charge in [-0.1, -0.05) is 16.9 Å². The van der Waals surface area contributed by atoms with Gasteiger partial charge in [0.25, 0.3) is 0 Å². The van der Waals surface area contributed by atoms with Crippen molar-refractivity contribution in [2.24, 2.45) is 5.73 Å². The second kappa shape index (κ2) is 6.76. The van der Waals surface area contributed by atoms with Crippen molar-refractivity contribution in [3.8, 4) is 0 Å². The number of primary amides is 1. The summed E-state index contributed by atoms with van der Waals surface area (Å²) in [5, 5.41) is 0.791. The summed E-state index contributed by atoms with van der Waals surface area (Å²) in [6.07, 6.45) is 1.98. The molecule has 1 aliphatic rings. The van der Waals surface area contributed by atoms with E-state index in [0.29, 0.717) is 0 Å². The van der Waals surface area contributed by atoms with E-state index >= 15 is 0 Å². The Labute approximate surface area is 123 Å². The first-order valence-electron chi connectivity index (χ1n) is 5.94. The molecule has 1 fully saturated rings. The number of rotatable bonds is 6. The van der Waals surface area contributed by atoms with Crippen LogP contribution in [0.4, 0.5) is 0 Å². The zero-order chi connectivity index (χ0) is 14.5. The van der Waals surface area contributed by atoms with E-state index in [2.05, 4.69) is 4.98 Å². The summed E-state index contributed by atoms with van der Waals surface area (Å²) in [4.78, 5) is 39.8. The number of likely N-dealkylation sites (tertiary alicyclic amines) is 1. The zero-order valence-corrected chi connectivity index (χ0v) is 12.2. The molecular weight excluding hydrogens is 298 g/mol. The minimum Gasteiger partial charge on any atom is -0.368 e. The Kier molecular flexibility index (Phi) is 5.02. The summed E-state index contributed by atoms with van der Waals surface area (Å²) in [7, 11) is 2.72. The van der Waals surface area contributed by atoms with Crippen LogP contribution in [-0.4, -0.2) is 39.4 Å². The van der Waals surface area contributed by atoms with Crippen molar-refractivity contribution in [2.75, 3.05) is 5.75 Å². The van der Waals surface area contributed by atoms with Crippen molar-refractivity contribution in [3.05, 3.63) is 24.4 Å². The molecule has 106 valence electrons. The first kappa shape index (κ1) is 14.9. The van der Waals surface area contributed by atoms with Gasteiger partial charge in [0.05, 0.1) is 0 Å². The number of imide groups is 1. The molecule has 8 heteroatoms. The Hall–Kier alpha value is -1.54. The van der Waals surface area contributed by atoms with Crippen LogP contribution in [-0.2, 0) is 14.4 Å². The standard InChI is InChI=1S/C12H13N3O3S2/c13-12(18)8(15-10(16)4-5-11(15)17)7-19-20-9-3-1-2-6-14-9/h1-3,6,8H,4-5,7H2,(H2,13,18). The van der Waals surface area contributed by atoms with Crippen LogP contribution in [0.3, 0.4) is 0 Å². The molecule has 0 bridgehead atoms. The van der Waals surface area contributed by atoms with Gasteiger partial charge in [0, 0.05) is 24.8 Å². The number of carbonyl (C=O) groups is 3. The molecule has 0 aromatic carbocycles. The second-order valence-electron chi connectivity index (χ2n) is 4.11. The van der Waals surface area contributed by atoms with E-state index in [4.69, 9.17) is 5.73 Å². The second-order valence-corrected chi connectivity index (χ2v) is 6.47. The minimum atomic E-state index is -0.890. The van der Waals surface area contributed by atoms with Crippen molar-refractivity contribution in [1.29, 1.82) is 0 Å². The van der Waals surface area contributed by atoms with E-state index in [0.717, 1.165) is 9.93 Å². The average molecular weight is 311 g/mol. The predicted octanol–water partition coefficient (Wildman–Crippen LogP) is 0.825. The monoisotopic (exact) mass is 311 g/mol. The maximum absolute atomic E-state index is 11.6. The minimum absolute atomic E-state index is 0.153. The van der Waals surface area contributed by atoms with Crippen molar-refractivity contribution in [1.82, 2.24) is 9.88 Å². The van der Waals surface area contributed by atoms with E-state index in [-0.39, 0.29) is 30.4 Å². The highest BCUT2D eigenvalue weighted by Gasteiger charge is 2.37. The van der Waals surface area contributed by atoms with Gasteiger partial charge in [-0.3, -0.25) is 19.3 Å². The number of hydrogen-bond acceptors (Lipinski definition) is 6. The molecule has 1 unspecified atom stereocenters. The van der Waals surface area contributed by atoms with Crippen LogP contribution in [0.5, 0.6) is 0 Å². The molecule has 1 aromatic heterocycles. The van der Waals surface area contributed by atoms with Crippen LogP contribution in [0.25, 0.3) is 0 Å². The molecule has 1 aliphatic heterocycles. The third-order valence-electron chi connectivity index (χ3n) is 2.74. The first-order valence-corrected chi connectivity index (χ1v) is 8.26. The van der Waals surface area contributed by atoms with Crippen molar-refractivity contribution in [2.45, 2.75) is 23.9 Å². The lowest BCUT2D eigenvalue weighted by molar-refractivity contribution is -0.145. The van der Waals surface area contributed by atoms with Gasteiger partial charge in [0.1, 0.15) is 11.1 Å². The lowest BCUT2D eigenvalue weighted by Crippen LogP contribution is -2.48. The fraction of sp³-hybridized carbons (Fsp3) is 0.333. The fourth-order valence-electron chi connectivity index (χ4n) is 1.78. The number of nitrogens with zero attached hydrogens (tertiary/aromatic N) is 2. The maximum atomic E-state index is 11.6. The zero-order valence-electron chi connectivity index (χ0n) is 10.5. The summed E-state index contributed by atoms with van der Waals surface area (Å²) in [5.41, 5.74) is 5.30. The lowest BCUT2D eigenvalue weighted by atomic mass is 10.3. The highest BCUT2D eigenvalue weighted by atomic mass is 33.1. The Morgan fingerprint density at radius 2 is 2.05 bits per heavy atom. The molecule has 0 aliphatic carbocycles.